The van der Waals surface area contributed by atoms with E-state index in [1.54, 1.807) is 18.2 Å². The molecule has 0 bridgehead atoms. The highest BCUT2D eigenvalue weighted by Crippen LogP contribution is 2.23. The van der Waals surface area contributed by atoms with Crippen molar-refractivity contribution in [3.63, 3.8) is 0 Å². The van der Waals surface area contributed by atoms with Crippen LogP contribution in [-0.2, 0) is 4.74 Å². The minimum absolute atomic E-state index is 0.192. The number of ether oxygens (including phenoxy) is 1. The molecule has 6 nitrogen and oxygen atoms in total. The summed E-state index contributed by atoms with van der Waals surface area (Å²) in [6.45, 7) is 1.08. The predicted molar refractivity (Wildman–Crippen MR) is 77.6 cm³/mol. The molecule has 21 heavy (non-hydrogen) atoms. The van der Waals surface area contributed by atoms with Crippen LogP contribution in [0.1, 0.15) is 16.8 Å². The maximum absolute atomic E-state index is 11.4. The number of carboxylic acids is 1. The molecule has 0 saturated carbocycles. The van der Waals surface area contributed by atoms with Gasteiger partial charge in [-0.05, 0) is 12.1 Å². The summed E-state index contributed by atoms with van der Waals surface area (Å²) in [5.74, 6) is -0.564. The Bertz CT molecular complexity index is 680. The number of fused-ring (bicyclic) bond motifs is 1. The Morgan fingerprint density at radius 2 is 2.24 bits per heavy atom. The molecule has 0 aliphatic carbocycles. The van der Waals surface area contributed by atoms with Crippen molar-refractivity contribution in [2.45, 2.75) is 12.0 Å². The first-order valence-electron chi connectivity index (χ1n) is 6.74. The van der Waals surface area contributed by atoms with Crippen molar-refractivity contribution in [1.82, 2.24) is 4.98 Å². The first kappa shape index (κ1) is 13.8. The summed E-state index contributed by atoms with van der Waals surface area (Å²) in [7, 11) is 0. The molecule has 1 atom stereocenters. The second kappa shape index (κ2) is 5.31. The standard InChI is InChI=1S/C15H16N2O4/c18-14(19)11-7-13(16-8-15(20)5-6-21-9-15)17-12-4-2-1-3-10(11)12/h1-4,7,20H,5-6,8-9H2,(H,16,17)(H,18,19). The average molecular weight is 288 g/mol. The Morgan fingerprint density at radius 1 is 1.43 bits per heavy atom. The average Bonchev–Trinajstić information content (AvgIpc) is 2.91. The highest BCUT2D eigenvalue weighted by atomic mass is 16.5. The number of carboxylic acid groups (broad SMARTS) is 1. The maximum atomic E-state index is 11.4. The van der Waals surface area contributed by atoms with Gasteiger partial charge in [-0.1, -0.05) is 18.2 Å². The van der Waals surface area contributed by atoms with Crippen LogP contribution in [0.5, 0.6) is 0 Å². The third-order valence-corrected chi connectivity index (χ3v) is 3.63. The van der Waals surface area contributed by atoms with E-state index in [0.717, 1.165) is 0 Å². The fraction of sp³-hybridized carbons (Fsp3) is 0.333. The summed E-state index contributed by atoms with van der Waals surface area (Å²) in [5.41, 5.74) is -0.121. The van der Waals surface area contributed by atoms with Gasteiger partial charge in [0, 0.05) is 25.0 Å². The van der Waals surface area contributed by atoms with Crippen LogP contribution in [0.2, 0.25) is 0 Å². The van der Waals surface area contributed by atoms with Gasteiger partial charge in [0.05, 0.1) is 17.7 Å². The van der Waals surface area contributed by atoms with E-state index in [1.807, 2.05) is 6.07 Å². The van der Waals surface area contributed by atoms with E-state index in [1.165, 1.54) is 6.07 Å². The van der Waals surface area contributed by atoms with Gasteiger partial charge in [0.15, 0.2) is 0 Å². The van der Waals surface area contributed by atoms with Crippen molar-refractivity contribution >= 4 is 22.7 Å². The normalized spacial score (nSPS) is 21.6. The highest BCUT2D eigenvalue weighted by molar-refractivity contribution is 6.03. The molecule has 3 N–H and O–H groups in total. The second-order valence-corrected chi connectivity index (χ2v) is 5.26. The van der Waals surface area contributed by atoms with Gasteiger partial charge in [0.1, 0.15) is 11.4 Å². The number of hydrogen-bond donors (Lipinski definition) is 3. The number of aromatic carboxylic acids is 1. The van der Waals surface area contributed by atoms with Crippen molar-refractivity contribution < 1.29 is 19.7 Å². The van der Waals surface area contributed by atoms with Crippen molar-refractivity contribution in [2.24, 2.45) is 0 Å². The molecule has 110 valence electrons. The van der Waals surface area contributed by atoms with Crippen LogP contribution in [0.15, 0.2) is 30.3 Å². The van der Waals surface area contributed by atoms with Gasteiger partial charge < -0.3 is 20.3 Å². The largest absolute Gasteiger partial charge is 0.478 e. The summed E-state index contributed by atoms with van der Waals surface area (Å²) < 4.78 is 5.18. The summed E-state index contributed by atoms with van der Waals surface area (Å²) in [6.07, 6.45) is 0.555. The number of anilines is 1. The predicted octanol–water partition coefficient (Wildman–Crippen LogP) is 1.50. The van der Waals surface area contributed by atoms with Crippen LogP contribution in [0, 0.1) is 0 Å². The molecule has 0 radical (unpaired) electrons. The van der Waals surface area contributed by atoms with E-state index < -0.39 is 11.6 Å². The van der Waals surface area contributed by atoms with Gasteiger partial charge in [-0.2, -0.15) is 0 Å². The minimum Gasteiger partial charge on any atom is -0.478 e. The van der Waals surface area contributed by atoms with Crippen LogP contribution >= 0.6 is 0 Å². The zero-order valence-corrected chi connectivity index (χ0v) is 11.4. The van der Waals surface area contributed by atoms with E-state index >= 15 is 0 Å². The molecular weight excluding hydrogens is 272 g/mol. The first-order chi connectivity index (χ1) is 10.1. The number of para-hydroxylation sites is 1. The number of carbonyl (C=O) groups is 1. The second-order valence-electron chi connectivity index (χ2n) is 5.26. The summed E-state index contributed by atoms with van der Waals surface area (Å²) in [5, 5.41) is 23.1. The highest BCUT2D eigenvalue weighted by Gasteiger charge is 2.32. The minimum atomic E-state index is -1.00. The summed E-state index contributed by atoms with van der Waals surface area (Å²) >= 11 is 0. The van der Waals surface area contributed by atoms with Gasteiger partial charge in [-0.3, -0.25) is 0 Å². The first-order valence-corrected chi connectivity index (χ1v) is 6.74. The Balaban J connectivity index is 1.90. The Kier molecular flexibility index (Phi) is 3.48. The van der Waals surface area contributed by atoms with Gasteiger partial charge in [0.2, 0.25) is 0 Å². The number of aromatic nitrogens is 1. The topological polar surface area (TPSA) is 91.7 Å². The lowest BCUT2D eigenvalue weighted by atomic mass is 10.0. The van der Waals surface area contributed by atoms with Gasteiger partial charge in [-0.15, -0.1) is 0 Å². The molecule has 2 heterocycles. The number of rotatable bonds is 4. The maximum Gasteiger partial charge on any atom is 0.336 e. The number of hydrogen-bond acceptors (Lipinski definition) is 5. The summed E-state index contributed by atoms with van der Waals surface area (Å²) in [4.78, 5) is 15.7. The SMILES string of the molecule is O=C(O)c1cc(NCC2(O)CCOC2)nc2ccccc12. The molecule has 3 rings (SSSR count). The molecule has 1 fully saturated rings. The fourth-order valence-electron chi connectivity index (χ4n) is 2.43. The van der Waals surface area contributed by atoms with Crippen LogP contribution < -0.4 is 5.32 Å². The third-order valence-electron chi connectivity index (χ3n) is 3.63. The molecule has 0 amide bonds. The Labute approximate surface area is 121 Å². The smallest absolute Gasteiger partial charge is 0.336 e. The van der Waals surface area contributed by atoms with Crippen LogP contribution in [0.3, 0.4) is 0 Å². The van der Waals surface area contributed by atoms with Crippen molar-refractivity contribution in [3.05, 3.63) is 35.9 Å². The molecule has 1 unspecified atom stereocenters. The van der Waals surface area contributed by atoms with E-state index in [9.17, 15) is 15.0 Å². The number of aliphatic hydroxyl groups is 1. The van der Waals surface area contributed by atoms with E-state index in [0.29, 0.717) is 29.7 Å². The van der Waals surface area contributed by atoms with Crippen molar-refractivity contribution in [3.8, 4) is 0 Å². The Hall–Kier alpha value is -2.18. The molecule has 6 heteroatoms. The van der Waals surface area contributed by atoms with Crippen molar-refractivity contribution in [1.29, 1.82) is 0 Å². The lowest BCUT2D eigenvalue weighted by Gasteiger charge is -2.21. The molecule has 1 saturated heterocycles. The number of benzene rings is 1. The molecule has 1 aliphatic rings. The lowest BCUT2D eigenvalue weighted by Crippen LogP contribution is -2.37. The van der Waals surface area contributed by atoms with Crippen LogP contribution in [0.4, 0.5) is 5.82 Å². The van der Waals surface area contributed by atoms with E-state index in [4.69, 9.17) is 4.74 Å². The van der Waals surface area contributed by atoms with Gasteiger partial charge in [0.25, 0.3) is 0 Å². The van der Waals surface area contributed by atoms with Crippen LogP contribution in [0.25, 0.3) is 10.9 Å². The molecule has 0 spiro atoms. The van der Waals surface area contributed by atoms with E-state index in [-0.39, 0.29) is 18.7 Å². The lowest BCUT2D eigenvalue weighted by molar-refractivity contribution is 0.0381. The molecule has 1 aromatic carbocycles. The zero-order chi connectivity index (χ0) is 14.9. The van der Waals surface area contributed by atoms with Crippen LogP contribution in [-0.4, -0.2) is 46.5 Å². The fourth-order valence-corrected chi connectivity index (χ4v) is 2.43. The van der Waals surface area contributed by atoms with Gasteiger partial charge in [-0.25, -0.2) is 9.78 Å². The molecule has 2 aromatic rings. The number of nitrogens with one attached hydrogen (secondary N) is 1. The summed E-state index contributed by atoms with van der Waals surface area (Å²) in [6, 6.07) is 8.57. The quantitative estimate of drug-likeness (QED) is 0.789. The molecule has 1 aliphatic heterocycles. The van der Waals surface area contributed by atoms with Gasteiger partial charge >= 0.3 is 5.97 Å². The monoisotopic (exact) mass is 288 g/mol. The van der Waals surface area contributed by atoms with E-state index in [2.05, 4.69) is 10.3 Å². The molecule has 1 aromatic heterocycles. The Morgan fingerprint density at radius 3 is 2.95 bits per heavy atom. The van der Waals surface area contributed by atoms with Crippen molar-refractivity contribution in [2.75, 3.05) is 25.1 Å². The zero-order valence-electron chi connectivity index (χ0n) is 11.4. The number of pyridine rings is 1. The molecular formula is C15H16N2O4. The number of nitrogens with zero attached hydrogens (tertiary/aromatic N) is 1. The third kappa shape index (κ3) is 2.81.